The summed E-state index contributed by atoms with van der Waals surface area (Å²) < 4.78 is 14.1. The van der Waals surface area contributed by atoms with Crippen LogP contribution in [0.3, 0.4) is 0 Å². The van der Waals surface area contributed by atoms with E-state index in [-0.39, 0.29) is 16.9 Å². The highest BCUT2D eigenvalue weighted by molar-refractivity contribution is 6.30. The smallest absolute Gasteiger partial charge is 0.145 e. The summed E-state index contributed by atoms with van der Waals surface area (Å²) >= 11 is 5.85. The highest BCUT2D eigenvalue weighted by Gasteiger charge is 2.17. The van der Waals surface area contributed by atoms with Crippen LogP contribution in [0, 0.1) is 5.82 Å². The van der Waals surface area contributed by atoms with Crippen molar-refractivity contribution in [2.45, 2.75) is 25.8 Å². The lowest BCUT2D eigenvalue weighted by atomic mass is 9.98. The lowest BCUT2D eigenvalue weighted by Gasteiger charge is -2.20. The Labute approximate surface area is 129 Å². The fourth-order valence-corrected chi connectivity index (χ4v) is 2.46. The average Bonchev–Trinajstić information content (AvgIpc) is 2.48. The molecular formula is C16H19ClFN3. The summed E-state index contributed by atoms with van der Waals surface area (Å²) in [5.74, 6) is 0.0958. The number of nitrogen functional groups attached to an aromatic ring is 1. The monoisotopic (exact) mass is 307 g/mol. The third-order valence-electron chi connectivity index (χ3n) is 3.34. The maximum Gasteiger partial charge on any atom is 0.145 e. The van der Waals surface area contributed by atoms with E-state index < -0.39 is 0 Å². The number of rotatable bonds is 6. The number of benzene rings is 1. The molecule has 0 aliphatic rings. The van der Waals surface area contributed by atoms with Crippen LogP contribution in [-0.4, -0.2) is 11.5 Å². The molecule has 3 nitrogen and oxygen atoms in total. The van der Waals surface area contributed by atoms with Crippen molar-refractivity contribution in [2.24, 2.45) is 0 Å². The first-order valence-electron chi connectivity index (χ1n) is 7.00. The summed E-state index contributed by atoms with van der Waals surface area (Å²) in [5.41, 5.74) is 7.39. The predicted molar refractivity (Wildman–Crippen MR) is 84.8 cm³/mol. The van der Waals surface area contributed by atoms with Crippen molar-refractivity contribution in [1.29, 1.82) is 0 Å². The Morgan fingerprint density at radius 1 is 1.33 bits per heavy atom. The lowest BCUT2D eigenvalue weighted by molar-refractivity contribution is 0.513. The molecule has 1 aromatic carbocycles. The zero-order chi connectivity index (χ0) is 15.2. The first kappa shape index (κ1) is 15.7. The Kier molecular flexibility index (Phi) is 5.53. The second-order valence-electron chi connectivity index (χ2n) is 4.90. The van der Waals surface area contributed by atoms with Crippen LogP contribution in [0.15, 0.2) is 36.5 Å². The van der Waals surface area contributed by atoms with E-state index in [0.717, 1.165) is 18.5 Å². The second-order valence-corrected chi connectivity index (χ2v) is 5.31. The molecule has 0 aliphatic heterocycles. The van der Waals surface area contributed by atoms with Crippen molar-refractivity contribution in [2.75, 3.05) is 12.3 Å². The van der Waals surface area contributed by atoms with Gasteiger partial charge in [-0.1, -0.05) is 36.7 Å². The molecule has 21 heavy (non-hydrogen) atoms. The van der Waals surface area contributed by atoms with E-state index in [0.29, 0.717) is 17.8 Å². The Hall–Kier alpha value is -1.65. The SMILES string of the molecule is CCCNC(Cc1cccc(Cl)c1F)c1cccnc1N. The van der Waals surface area contributed by atoms with E-state index in [2.05, 4.69) is 17.2 Å². The van der Waals surface area contributed by atoms with Gasteiger partial charge in [0, 0.05) is 17.8 Å². The van der Waals surface area contributed by atoms with Crippen LogP contribution in [0.1, 0.15) is 30.5 Å². The summed E-state index contributed by atoms with van der Waals surface area (Å²) in [6.45, 7) is 2.90. The molecule has 1 heterocycles. The van der Waals surface area contributed by atoms with E-state index in [9.17, 15) is 4.39 Å². The molecule has 112 valence electrons. The number of hydrogen-bond donors (Lipinski definition) is 2. The summed E-state index contributed by atoms with van der Waals surface area (Å²) in [6.07, 6.45) is 3.10. The van der Waals surface area contributed by atoms with Gasteiger partial charge in [0.25, 0.3) is 0 Å². The van der Waals surface area contributed by atoms with Crippen LogP contribution in [0.2, 0.25) is 5.02 Å². The van der Waals surface area contributed by atoms with Crippen molar-refractivity contribution in [1.82, 2.24) is 10.3 Å². The fourth-order valence-electron chi connectivity index (χ4n) is 2.26. The molecule has 0 spiro atoms. The molecule has 0 fully saturated rings. The molecule has 1 atom stereocenters. The first-order chi connectivity index (χ1) is 10.1. The lowest BCUT2D eigenvalue weighted by Crippen LogP contribution is -2.25. The minimum atomic E-state index is -0.370. The molecule has 2 aromatic rings. The number of nitrogens with one attached hydrogen (secondary N) is 1. The first-order valence-corrected chi connectivity index (χ1v) is 7.38. The minimum Gasteiger partial charge on any atom is -0.383 e. The topological polar surface area (TPSA) is 50.9 Å². The fraction of sp³-hybridized carbons (Fsp3) is 0.312. The number of hydrogen-bond acceptors (Lipinski definition) is 3. The van der Waals surface area contributed by atoms with Crippen LogP contribution in [0.5, 0.6) is 0 Å². The molecule has 1 aromatic heterocycles. The van der Waals surface area contributed by atoms with Gasteiger partial charge >= 0.3 is 0 Å². The number of halogens is 2. The van der Waals surface area contributed by atoms with Crippen LogP contribution < -0.4 is 11.1 Å². The highest BCUT2D eigenvalue weighted by Crippen LogP contribution is 2.26. The van der Waals surface area contributed by atoms with E-state index in [1.807, 2.05) is 12.1 Å². The predicted octanol–water partition coefficient (Wildman–Crippen LogP) is 3.74. The maximum absolute atomic E-state index is 14.1. The second kappa shape index (κ2) is 7.38. The van der Waals surface area contributed by atoms with Gasteiger partial charge in [-0.05, 0) is 37.1 Å². The third-order valence-corrected chi connectivity index (χ3v) is 3.63. The summed E-state index contributed by atoms with van der Waals surface area (Å²) in [6, 6.07) is 8.71. The van der Waals surface area contributed by atoms with Gasteiger partial charge in [0.15, 0.2) is 0 Å². The van der Waals surface area contributed by atoms with E-state index in [1.54, 1.807) is 24.4 Å². The number of nitrogens with two attached hydrogens (primary N) is 1. The van der Waals surface area contributed by atoms with Crippen LogP contribution in [0.25, 0.3) is 0 Å². The molecular weight excluding hydrogens is 289 g/mol. The van der Waals surface area contributed by atoms with Gasteiger partial charge in [-0.15, -0.1) is 0 Å². The maximum atomic E-state index is 14.1. The molecule has 3 N–H and O–H groups in total. The number of anilines is 1. The van der Waals surface area contributed by atoms with Gasteiger partial charge in [0.2, 0.25) is 0 Å². The Balaban J connectivity index is 2.28. The van der Waals surface area contributed by atoms with E-state index in [4.69, 9.17) is 17.3 Å². The largest absolute Gasteiger partial charge is 0.383 e. The number of nitrogens with zero attached hydrogens (tertiary/aromatic N) is 1. The summed E-state index contributed by atoms with van der Waals surface area (Å²) in [4.78, 5) is 4.11. The van der Waals surface area contributed by atoms with Gasteiger partial charge < -0.3 is 11.1 Å². The molecule has 0 amide bonds. The molecule has 0 bridgehead atoms. The number of pyridine rings is 1. The minimum absolute atomic E-state index is 0.0911. The van der Waals surface area contributed by atoms with Crippen molar-refractivity contribution in [3.8, 4) is 0 Å². The van der Waals surface area contributed by atoms with E-state index >= 15 is 0 Å². The third kappa shape index (κ3) is 3.93. The van der Waals surface area contributed by atoms with Gasteiger partial charge in [0.1, 0.15) is 11.6 Å². The van der Waals surface area contributed by atoms with Crippen LogP contribution in [0.4, 0.5) is 10.2 Å². The van der Waals surface area contributed by atoms with Crippen molar-refractivity contribution in [3.05, 3.63) is 58.5 Å². The summed E-state index contributed by atoms with van der Waals surface area (Å²) in [5, 5.41) is 3.53. The Bertz CT molecular complexity index is 604. The normalized spacial score (nSPS) is 12.3. The molecule has 5 heteroatoms. The average molecular weight is 308 g/mol. The van der Waals surface area contributed by atoms with Crippen LogP contribution in [-0.2, 0) is 6.42 Å². The molecule has 0 saturated heterocycles. The Morgan fingerprint density at radius 3 is 2.86 bits per heavy atom. The standard InChI is InChI=1S/C16H19ClFN3/c1-2-8-20-14(12-6-4-9-21-16(12)19)10-11-5-3-7-13(17)15(11)18/h3-7,9,14,20H,2,8,10H2,1H3,(H2,19,21). The number of aromatic nitrogens is 1. The van der Waals surface area contributed by atoms with Gasteiger partial charge in [0.05, 0.1) is 5.02 Å². The zero-order valence-corrected chi connectivity index (χ0v) is 12.7. The van der Waals surface area contributed by atoms with Crippen molar-refractivity contribution < 1.29 is 4.39 Å². The van der Waals surface area contributed by atoms with Gasteiger partial charge in [-0.3, -0.25) is 0 Å². The van der Waals surface area contributed by atoms with Crippen molar-refractivity contribution in [3.63, 3.8) is 0 Å². The van der Waals surface area contributed by atoms with Gasteiger partial charge in [-0.2, -0.15) is 0 Å². The highest BCUT2D eigenvalue weighted by atomic mass is 35.5. The van der Waals surface area contributed by atoms with Crippen LogP contribution >= 0.6 is 11.6 Å². The molecule has 0 radical (unpaired) electrons. The Morgan fingerprint density at radius 2 is 2.14 bits per heavy atom. The molecule has 0 aliphatic carbocycles. The van der Waals surface area contributed by atoms with E-state index in [1.165, 1.54) is 0 Å². The quantitative estimate of drug-likeness (QED) is 0.854. The molecule has 2 rings (SSSR count). The van der Waals surface area contributed by atoms with Gasteiger partial charge in [-0.25, -0.2) is 9.37 Å². The summed E-state index contributed by atoms with van der Waals surface area (Å²) in [7, 11) is 0. The molecule has 0 saturated carbocycles. The van der Waals surface area contributed by atoms with Crippen molar-refractivity contribution >= 4 is 17.4 Å². The zero-order valence-electron chi connectivity index (χ0n) is 11.9. The molecule has 1 unspecified atom stereocenters.